The van der Waals surface area contributed by atoms with E-state index in [0.717, 1.165) is 12.8 Å². The quantitative estimate of drug-likeness (QED) is 0.708. The van der Waals surface area contributed by atoms with Gasteiger partial charge in [0, 0.05) is 18.9 Å². The van der Waals surface area contributed by atoms with Gasteiger partial charge in [0.1, 0.15) is 5.78 Å². The third-order valence-electron chi connectivity index (χ3n) is 4.54. The molecule has 21 heavy (non-hydrogen) atoms. The van der Waals surface area contributed by atoms with Crippen LogP contribution in [0.25, 0.3) is 0 Å². The number of carbonyl (C=O) groups is 2. The number of Topliss-reactive ketones (excluding diaryl/α,β-unsaturated/α-hetero) is 1. The fourth-order valence-electron chi connectivity index (χ4n) is 3.32. The molecule has 3 N–H and O–H groups in total. The molecule has 0 aromatic heterocycles. The van der Waals surface area contributed by atoms with Crippen molar-refractivity contribution in [1.29, 1.82) is 0 Å². The van der Waals surface area contributed by atoms with E-state index in [1.807, 2.05) is 0 Å². The Balaban J connectivity index is 0.00000400. The predicted octanol–water partition coefficient (Wildman–Crippen LogP) is 2.54. The standard InChI is InChI=1S/C16H30N2O2.ClH/c1-11(2)13-7-6-12(3)9-14(13)15(19)5-4-8-18-16(20)10-17;/h11-14H,4-10,17H2,1-3H3,(H,18,20);1H/t12-,13+,14-;/m1./s1. The van der Waals surface area contributed by atoms with Crippen molar-refractivity contribution in [2.75, 3.05) is 13.1 Å². The van der Waals surface area contributed by atoms with Gasteiger partial charge in [0.2, 0.25) is 5.91 Å². The molecule has 0 bridgehead atoms. The SMILES string of the molecule is CC(C)[C@@H]1CC[C@@H](C)C[C@H]1C(=O)CCCNC(=O)CN.Cl. The Labute approximate surface area is 135 Å². The maximum atomic E-state index is 12.4. The Morgan fingerprint density at radius 2 is 1.95 bits per heavy atom. The summed E-state index contributed by atoms with van der Waals surface area (Å²) in [5.74, 6) is 2.24. The van der Waals surface area contributed by atoms with Crippen LogP contribution < -0.4 is 11.1 Å². The van der Waals surface area contributed by atoms with Crippen molar-refractivity contribution in [1.82, 2.24) is 5.32 Å². The minimum atomic E-state index is -0.149. The van der Waals surface area contributed by atoms with Crippen LogP contribution in [-0.4, -0.2) is 24.8 Å². The lowest BCUT2D eigenvalue weighted by molar-refractivity contribution is -0.127. The molecule has 0 aromatic carbocycles. The molecule has 0 radical (unpaired) electrons. The van der Waals surface area contributed by atoms with Crippen molar-refractivity contribution < 1.29 is 9.59 Å². The van der Waals surface area contributed by atoms with E-state index in [9.17, 15) is 9.59 Å². The molecule has 0 saturated heterocycles. The summed E-state index contributed by atoms with van der Waals surface area (Å²) in [5, 5.41) is 2.72. The van der Waals surface area contributed by atoms with Crippen LogP contribution in [-0.2, 0) is 9.59 Å². The minimum absolute atomic E-state index is 0. The highest BCUT2D eigenvalue weighted by molar-refractivity contribution is 5.85. The van der Waals surface area contributed by atoms with Crippen molar-refractivity contribution in [2.24, 2.45) is 29.4 Å². The highest BCUT2D eigenvalue weighted by Gasteiger charge is 2.34. The Bertz CT molecular complexity index is 334. The van der Waals surface area contributed by atoms with Gasteiger partial charge in [-0.05, 0) is 37.0 Å². The van der Waals surface area contributed by atoms with Crippen LogP contribution in [0.4, 0.5) is 0 Å². The van der Waals surface area contributed by atoms with Crippen molar-refractivity contribution >= 4 is 24.1 Å². The summed E-state index contributed by atoms with van der Waals surface area (Å²) >= 11 is 0. The number of carbonyl (C=O) groups excluding carboxylic acids is 2. The lowest BCUT2D eigenvalue weighted by atomic mass is 9.68. The molecule has 4 nitrogen and oxygen atoms in total. The van der Waals surface area contributed by atoms with Crippen molar-refractivity contribution in [3.8, 4) is 0 Å². The molecule has 1 fully saturated rings. The Hall–Kier alpha value is -0.610. The summed E-state index contributed by atoms with van der Waals surface area (Å²) in [7, 11) is 0. The normalized spacial score (nSPS) is 25.3. The molecule has 3 atom stereocenters. The number of hydrogen-bond acceptors (Lipinski definition) is 3. The first-order valence-electron chi connectivity index (χ1n) is 7.95. The molecule has 0 unspecified atom stereocenters. The molecule has 0 aliphatic heterocycles. The van der Waals surface area contributed by atoms with Crippen LogP contribution in [0.2, 0.25) is 0 Å². The summed E-state index contributed by atoms with van der Waals surface area (Å²) < 4.78 is 0. The van der Waals surface area contributed by atoms with Gasteiger partial charge in [-0.15, -0.1) is 12.4 Å². The summed E-state index contributed by atoms with van der Waals surface area (Å²) in [4.78, 5) is 23.5. The molecule has 0 heterocycles. The van der Waals surface area contributed by atoms with Crippen molar-refractivity contribution in [3.63, 3.8) is 0 Å². The number of rotatable bonds is 7. The zero-order chi connectivity index (χ0) is 15.1. The fourth-order valence-corrected chi connectivity index (χ4v) is 3.32. The Morgan fingerprint density at radius 3 is 2.52 bits per heavy atom. The highest BCUT2D eigenvalue weighted by Crippen LogP contribution is 2.39. The van der Waals surface area contributed by atoms with Crippen molar-refractivity contribution in [3.05, 3.63) is 0 Å². The summed E-state index contributed by atoms with van der Waals surface area (Å²) in [5.41, 5.74) is 5.22. The topological polar surface area (TPSA) is 72.2 Å². The van der Waals surface area contributed by atoms with E-state index in [1.54, 1.807) is 0 Å². The number of hydrogen-bond donors (Lipinski definition) is 2. The first-order valence-corrected chi connectivity index (χ1v) is 7.95. The molecule has 1 rings (SSSR count). The minimum Gasteiger partial charge on any atom is -0.355 e. The van der Waals surface area contributed by atoms with E-state index in [1.165, 1.54) is 12.8 Å². The van der Waals surface area contributed by atoms with E-state index < -0.39 is 0 Å². The second kappa shape index (κ2) is 10.2. The lowest BCUT2D eigenvalue weighted by Crippen LogP contribution is -2.34. The summed E-state index contributed by atoms with van der Waals surface area (Å²) in [6.45, 7) is 7.27. The summed E-state index contributed by atoms with van der Waals surface area (Å²) in [6.07, 6.45) is 4.76. The Kier molecular flexibility index (Phi) is 9.88. The number of ketones is 1. The molecule has 1 amide bonds. The van der Waals surface area contributed by atoms with Gasteiger partial charge in [-0.3, -0.25) is 9.59 Å². The van der Waals surface area contributed by atoms with Crippen molar-refractivity contribution in [2.45, 2.75) is 52.9 Å². The van der Waals surface area contributed by atoms with Crippen LogP contribution in [0, 0.1) is 23.7 Å². The number of nitrogens with two attached hydrogens (primary N) is 1. The average Bonchev–Trinajstić information content (AvgIpc) is 2.42. The van der Waals surface area contributed by atoms with Gasteiger partial charge in [0.25, 0.3) is 0 Å². The third-order valence-corrected chi connectivity index (χ3v) is 4.54. The molecule has 1 saturated carbocycles. The number of amides is 1. The zero-order valence-corrected chi connectivity index (χ0v) is 14.4. The molecule has 5 heteroatoms. The van der Waals surface area contributed by atoms with Gasteiger partial charge in [-0.2, -0.15) is 0 Å². The molecule has 124 valence electrons. The maximum Gasteiger partial charge on any atom is 0.233 e. The van der Waals surface area contributed by atoms with Gasteiger partial charge >= 0.3 is 0 Å². The number of halogens is 1. The van der Waals surface area contributed by atoms with Crippen LogP contribution in [0.1, 0.15) is 52.9 Å². The molecule has 1 aliphatic carbocycles. The van der Waals surface area contributed by atoms with E-state index in [-0.39, 0.29) is 30.8 Å². The van der Waals surface area contributed by atoms with Crippen LogP contribution in [0.3, 0.4) is 0 Å². The predicted molar refractivity (Wildman–Crippen MR) is 88.4 cm³/mol. The van der Waals surface area contributed by atoms with Crippen LogP contribution >= 0.6 is 12.4 Å². The second-order valence-corrected chi connectivity index (χ2v) is 6.56. The first kappa shape index (κ1) is 20.4. The smallest absolute Gasteiger partial charge is 0.233 e. The molecular weight excluding hydrogens is 288 g/mol. The monoisotopic (exact) mass is 318 g/mol. The number of nitrogens with one attached hydrogen (secondary N) is 1. The lowest BCUT2D eigenvalue weighted by Gasteiger charge is -2.36. The zero-order valence-electron chi connectivity index (χ0n) is 13.6. The third kappa shape index (κ3) is 6.79. The van der Waals surface area contributed by atoms with Crippen LogP contribution in [0.15, 0.2) is 0 Å². The Morgan fingerprint density at radius 1 is 1.29 bits per heavy atom. The van der Waals surface area contributed by atoms with Gasteiger partial charge in [-0.25, -0.2) is 0 Å². The largest absolute Gasteiger partial charge is 0.355 e. The average molecular weight is 319 g/mol. The van der Waals surface area contributed by atoms with Gasteiger partial charge in [-0.1, -0.05) is 27.2 Å². The van der Waals surface area contributed by atoms with E-state index in [2.05, 4.69) is 26.1 Å². The highest BCUT2D eigenvalue weighted by atomic mass is 35.5. The van der Waals surface area contributed by atoms with Gasteiger partial charge in [0.05, 0.1) is 6.54 Å². The first-order chi connectivity index (χ1) is 9.45. The maximum absolute atomic E-state index is 12.4. The summed E-state index contributed by atoms with van der Waals surface area (Å²) in [6, 6.07) is 0. The van der Waals surface area contributed by atoms with Crippen LogP contribution in [0.5, 0.6) is 0 Å². The van der Waals surface area contributed by atoms with E-state index >= 15 is 0 Å². The van der Waals surface area contributed by atoms with Gasteiger partial charge in [0.15, 0.2) is 0 Å². The second-order valence-electron chi connectivity index (χ2n) is 6.56. The van der Waals surface area contributed by atoms with Gasteiger partial charge < -0.3 is 11.1 Å². The molecule has 0 spiro atoms. The van der Waals surface area contributed by atoms with E-state index in [0.29, 0.717) is 36.5 Å². The fraction of sp³-hybridized carbons (Fsp3) is 0.875. The van der Waals surface area contributed by atoms with E-state index in [4.69, 9.17) is 5.73 Å². The molecule has 0 aromatic rings. The molecule has 1 aliphatic rings. The molecular formula is C16H31ClN2O2.